The van der Waals surface area contributed by atoms with Gasteiger partial charge in [-0.15, -0.1) is 0 Å². The van der Waals surface area contributed by atoms with Crippen LogP contribution in [0.3, 0.4) is 0 Å². The van der Waals surface area contributed by atoms with Crippen LogP contribution in [0.2, 0.25) is 0 Å². The number of likely N-dealkylation sites (tertiary alicyclic amines) is 1. The summed E-state index contributed by atoms with van der Waals surface area (Å²) in [5, 5.41) is 0. The second-order valence-electron chi connectivity index (χ2n) is 5.89. The Morgan fingerprint density at radius 3 is 2.90 bits per heavy atom. The molecule has 2 aliphatic rings. The van der Waals surface area contributed by atoms with Crippen LogP contribution in [0.4, 0.5) is 0 Å². The lowest BCUT2D eigenvalue weighted by Gasteiger charge is -2.27. The van der Waals surface area contributed by atoms with E-state index in [1.54, 1.807) is 18.0 Å². The zero-order chi connectivity index (χ0) is 14.9. The fourth-order valence-electron chi connectivity index (χ4n) is 3.31. The predicted octanol–water partition coefficient (Wildman–Crippen LogP) is 2.81. The van der Waals surface area contributed by atoms with Gasteiger partial charge in [0, 0.05) is 18.4 Å². The molecule has 1 aromatic rings. The van der Waals surface area contributed by atoms with Crippen molar-refractivity contribution in [1.82, 2.24) is 9.88 Å². The number of hydrogen-bond donors (Lipinski definition) is 0. The normalized spacial score (nSPS) is 26.8. The van der Waals surface area contributed by atoms with E-state index in [2.05, 4.69) is 11.9 Å². The second-order valence-corrected chi connectivity index (χ2v) is 6.99. The maximum Gasteiger partial charge on any atom is 0.237 e. The van der Waals surface area contributed by atoms with Gasteiger partial charge in [0.1, 0.15) is 0 Å². The summed E-state index contributed by atoms with van der Waals surface area (Å²) < 4.78 is 0. The van der Waals surface area contributed by atoms with Gasteiger partial charge in [0.2, 0.25) is 11.8 Å². The molecule has 2 fully saturated rings. The number of carbonyl (C=O) groups excluding carboxylic acids is 2. The second kappa shape index (κ2) is 5.79. The number of amides is 2. The van der Waals surface area contributed by atoms with Crippen molar-refractivity contribution in [2.45, 2.75) is 38.6 Å². The summed E-state index contributed by atoms with van der Waals surface area (Å²) in [6.45, 7) is 2.07. The molecule has 3 rings (SSSR count). The van der Waals surface area contributed by atoms with Crippen LogP contribution in [0.15, 0.2) is 24.4 Å². The Bertz CT molecular complexity index is 540. The molecule has 0 radical (unpaired) electrons. The molecule has 0 N–H and O–H groups in total. The smallest absolute Gasteiger partial charge is 0.237 e. The first kappa shape index (κ1) is 14.6. The fourth-order valence-corrected chi connectivity index (χ4v) is 4.75. The Kier molecular flexibility index (Phi) is 4.02. The maximum absolute atomic E-state index is 12.9. The Morgan fingerprint density at radius 1 is 1.43 bits per heavy atom. The largest absolute Gasteiger partial charge is 0.274 e. The Labute approximate surface area is 129 Å². The molecule has 2 aliphatic heterocycles. The van der Waals surface area contributed by atoms with Crippen molar-refractivity contribution >= 4 is 23.6 Å². The molecule has 0 saturated carbocycles. The average molecular weight is 304 g/mol. The van der Waals surface area contributed by atoms with E-state index in [1.807, 2.05) is 18.2 Å². The van der Waals surface area contributed by atoms with Gasteiger partial charge in [-0.2, -0.15) is 11.8 Å². The highest BCUT2D eigenvalue weighted by Crippen LogP contribution is 2.47. The Morgan fingerprint density at radius 2 is 2.29 bits per heavy atom. The van der Waals surface area contributed by atoms with Crippen molar-refractivity contribution in [3.05, 3.63) is 30.1 Å². The Hall–Kier alpha value is -1.36. The van der Waals surface area contributed by atoms with Gasteiger partial charge < -0.3 is 0 Å². The number of rotatable bonds is 4. The molecular formula is C16H20N2O2S. The summed E-state index contributed by atoms with van der Waals surface area (Å²) in [6, 6.07) is 5.48. The topological polar surface area (TPSA) is 50.3 Å². The van der Waals surface area contributed by atoms with Gasteiger partial charge >= 0.3 is 0 Å². The highest BCUT2D eigenvalue weighted by atomic mass is 32.2. The molecule has 5 heteroatoms. The van der Waals surface area contributed by atoms with Gasteiger partial charge in [0.15, 0.2) is 0 Å². The first-order valence-corrected chi connectivity index (χ1v) is 8.68. The van der Waals surface area contributed by atoms with Gasteiger partial charge in [-0.05, 0) is 30.7 Å². The number of imide groups is 1. The average Bonchev–Trinajstić information content (AvgIpc) is 3.05. The molecule has 3 heterocycles. The highest BCUT2D eigenvalue weighted by molar-refractivity contribution is 7.99. The lowest BCUT2D eigenvalue weighted by atomic mass is 9.86. The molecule has 1 aromatic heterocycles. The van der Waals surface area contributed by atoms with Gasteiger partial charge in [-0.25, -0.2) is 0 Å². The molecule has 0 unspecified atom stereocenters. The van der Waals surface area contributed by atoms with Crippen LogP contribution < -0.4 is 0 Å². The monoisotopic (exact) mass is 304 g/mol. The molecule has 21 heavy (non-hydrogen) atoms. The number of aromatic nitrogens is 1. The molecule has 1 spiro atoms. The quantitative estimate of drug-likeness (QED) is 0.803. The van der Waals surface area contributed by atoms with Crippen molar-refractivity contribution in [3.63, 3.8) is 0 Å². The van der Waals surface area contributed by atoms with Crippen molar-refractivity contribution in [1.29, 1.82) is 0 Å². The fraction of sp³-hybridized carbons (Fsp3) is 0.562. The van der Waals surface area contributed by atoms with Crippen LogP contribution in [0, 0.1) is 5.41 Å². The zero-order valence-electron chi connectivity index (χ0n) is 12.2. The van der Waals surface area contributed by atoms with E-state index >= 15 is 0 Å². The summed E-state index contributed by atoms with van der Waals surface area (Å²) in [4.78, 5) is 31.3. The van der Waals surface area contributed by atoms with Crippen molar-refractivity contribution in [2.75, 3.05) is 11.5 Å². The summed E-state index contributed by atoms with van der Waals surface area (Å²) in [5.74, 6) is 1.78. The number of nitrogens with zero attached hydrogens (tertiary/aromatic N) is 2. The van der Waals surface area contributed by atoms with E-state index in [0.717, 1.165) is 36.5 Å². The molecular weight excluding hydrogens is 284 g/mol. The number of carbonyl (C=O) groups is 2. The van der Waals surface area contributed by atoms with Crippen molar-refractivity contribution in [2.24, 2.45) is 5.41 Å². The minimum absolute atomic E-state index is 0.0217. The van der Waals surface area contributed by atoms with E-state index in [9.17, 15) is 9.59 Å². The molecule has 2 atom stereocenters. The molecule has 2 amide bonds. The third-order valence-corrected chi connectivity index (χ3v) is 5.69. The SMILES string of the molecule is CCC[C@H](c1ccccn1)N1C(=O)C[C@@]2(CCSC2)C1=O. The summed E-state index contributed by atoms with van der Waals surface area (Å²) in [7, 11) is 0. The van der Waals surface area contributed by atoms with Crippen LogP contribution in [0.5, 0.6) is 0 Å². The lowest BCUT2D eigenvalue weighted by molar-refractivity contribution is -0.144. The van der Waals surface area contributed by atoms with E-state index < -0.39 is 5.41 Å². The van der Waals surface area contributed by atoms with Crippen LogP contribution in [-0.4, -0.2) is 33.2 Å². The lowest BCUT2D eigenvalue weighted by Crippen LogP contribution is -2.38. The highest BCUT2D eigenvalue weighted by Gasteiger charge is 2.54. The summed E-state index contributed by atoms with van der Waals surface area (Å²) in [6.07, 6.45) is 4.63. The third kappa shape index (κ3) is 2.48. The van der Waals surface area contributed by atoms with Crippen LogP contribution in [-0.2, 0) is 9.59 Å². The van der Waals surface area contributed by atoms with E-state index in [0.29, 0.717) is 6.42 Å². The molecule has 4 nitrogen and oxygen atoms in total. The first-order valence-electron chi connectivity index (χ1n) is 7.53. The van der Waals surface area contributed by atoms with Crippen molar-refractivity contribution in [3.8, 4) is 0 Å². The van der Waals surface area contributed by atoms with E-state index in [4.69, 9.17) is 0 Å². The number of hydrogen-bond acceptors (Lipinski definition) is 4. The summed E-state index contributed by atoms with van der Waals surface area (Å²) >= 11 is 1.78. The van der Waals surface area contributed by atoms with Crippen LogP contribution in [0.25, 0.3) is 0 Å². The Balaban J connectivity index is 1.92. The zero-order valence-corrected chi connectivity index (χ0v) is 13.1. The van der Waals surface area contributed by atoms with Crippen molar-refractivity contribution < 1.29 is 9.59 Å². The standard InChI is InChI=1S/C16H20N2O2S/c1-2-5-13(12-6-3-4-8-17-12)18-14(19)10-16(15(18)20)7-9-21-11-16/h3-4,6,8,13H,2,5,7,9-11H2,1H3/t13-,16-/m1/s1. The minimum atomic E-state index is -0.428. The molecule has 112 valence electrons. The molecule has 0 bridgehead atoms. The van der Waals surface area contributed by atoms with Gasteiger partial charge in [0.05, 0.1) is 17.2 Å². The van der Waals surface area contributed by atoms with Crippen LogP contribution >= 0.6 is 11.8 Å². The molecule has 0 aromatic carbocycles. The molecule has 0 aliphatic carbocycles. The van der Waals surface area contributed by atoms with Crippen LogP contribution in [0.1, 0.15) is 44.3 Å². The van der Waals surface area contributed by atoms with Gasteiger partial charge in [-0.1, -0.05) is 19.4 Å². The van der Waals surface area contributed by atoms with E-state index in [-0.39, 0.29) is 17.9 Å². The maximum atomic E-state index is 12.9. The van der Waals surface area contributed by atoms with Gasteiger partial charge in [-0.3, -0.25) is 19.5 Å². The minimum Gasteiger partial charge on any atom is -0.274 e. The predicted molar refractivity (Wildman–Crippen MR) is 82.7 cm³/mol. The number of pyridine rings is 1. The first-order chi connectivity index (χ1) is 10.2. The van der Waals surface area contributed by atoms with Gasteiger partial charge in [0.25, 0.3) is 0 Å². The molecule has 2 saturated heterocycles. The summed E-state index contributed by atoms with van der Waals surface area (Å²) in [5.41, 5.74) is 0.395. The van der Waals surface area contributed by atoms with E-state index in [1.165, 1.54) is 4.90 Å². The third-order valence-electron chi connectivity index (χ3n) is 4.44. The number of thioether (sulfide) groups is 1.